The number of carbonyl (C=O) groups excluding carboxylic acids is 1. The first-order valence-corrected chi connectivity index (χ1v) is 7.49. The Hall–Kier alpha value is -0.960. The summed E-state index contributed by atoms with van der Waals surface area (Å²) in [5, 5.41) is 2.90. The van der Waals surface area contributed by atoms with E-state index in [0.717, 1.165) is 24.3 Å². The van der Waals surface area contributed by atoms with Crippen LogP contribution < -0.4 is 5.32 Å². The highest BCUT2D eigenvalue weighted by atomic mass is 32.2. The summed E-state index contributed by atoms with van der Waals surface area (Å²) >= 11 is 1.73. The SMILES string of the molecule is CC(C)(C)Cc1ccc(C2SCCNC2=O)cc1. The first-order chi connectivity index (χ1) is 8.46. The van der Waals surface area contributed by atoms with E-state index in [1.165, 1.54) is 5.56 Å². The molecule has 1 unspecified atom stereocenters. The zero-order valence-electron chi connectivity index (χ0n) is 11.3. The first-order valence-electron chi connectivity index (χ1n) is 6.44. The lowest BCUT2D eigenvalue weighted by molar-refractivity contribution is -0.120. The van der Waals surface area contributed by atoms with Crippen molar-refractivity contribution in [1.29, 1.82) is 0 Å². The van der Waals surface area contributed by atoms with Gasteiger partial charge in [-0.3, -0.25) is 4.79 Å². The number of benzene rings is 1. The molecule has 1 amide bonds. The van der Waals surface area contributed by atoms with Crippen LogP contribution in [-0.4, -0.2) is 18.2 Å². The standard InChI is InChI=1S/C15H21NOS/c1-15(2,3)10-11-4-6-12(7-5-11)13-14(17)16-8-9-18-13/h4-7,13H,8-10H2,1-3H3,(H,16,17). The van der Waals surface area contributed by atoms with Crippen molar-refractivity contribution in [3.8, 4) is 0 Å². The van der Waals surface area contributed by atoms with E-state index in [0.29, 0.717) is 5.41 Å². The maximum absolute atomic E-state index is 11.8. The van der Waals surface area contributed by atoms with Crippen molar-refractivity contribution in [2.45, 2.75) is 32.4 Å². The van der Waals surface area contributed by atoms with E-state index in [1.54, 1.807) is 11.8 Å². The number of hydrogen-bond donors (Lipinski definition) is 1. The topological polar surface area (TPSA) is 29.1 Å². The molecule has 0 aromatic heterocycles. The van der Waals surface area contributed by atoms with Crippen LogP contribution >= 0.6 is 11.8 Å². The molecule has 2 rings (SSSR count). The Morgan fingerprint density at radius 3 is 2.50 bits per heavy atom. The van der Waals surface area contributed by atoms with Gasteiger partial charge >= 0.3 is 0 Å². The molecular formula is C15H21NOS. The van der Waals surface area contributed by atoms with E-state index < -0.39 is 0 Å². The Morgan fingerprint density at radius 1 is 1.28 bits per heavy atom. The molecule has 1 aromatic carbocycles. The van der Waals surface area contributed by atoms with Crippen LogP contribution in [0.4, 0.5) is 0 Å². The lowest BCUT2D eigenvalue weighted by atomic mass is 9.88. The fourth-order valence-electron chi connectivity index (χ4n) is 2.19. The lowest BCUT2D eigenvalue weighted by Gasteiger charge is -2.22. The predicted octanol–water partition coefficient (Wildman–Crippen LogP) is 3.18. The summed E-state index contributed by atoms with van der Waals surface area (Å²) in [6.45, 7) is 7.52. The molecular weight excluding hydrogens is 242 g/mol. The van der Waals surface area contributed by atoms with Gasteiger partial charge in [0, 0.05) is 12.3 Å². The molecule has 0 radical (unpaired) electrons. The summed E-state index contributed by atoms with van der Waals surface area (Å²) in [7, 11) is 0. The van der Waals surface area contributed by atoms with Crippen molar-refractivity contribution in [2.75, 3.05) is 12.3 Å². The van der Waals surface area contributed by atoms with Crippen LogP contribution in [0.3, 0.4) is 0 Å². The number of carbonyl (C=O) groups is 1. The summed E-state index contributed by atoms with van der Waals surface area (Å²) in [6, 6.07) is 8.51. The van der Waals surface area contributed by atoms with Gasteiger partial charge in [0.2, 0.25) is 5.91 Å². The quantitative estimate of drug-likeness (QED) is 0.888. The van der Waals surface area contributed by atoms with Gasteiger partial charge in [0.25, 0.3) is 0 Å². The minimum Gasteiger partial charge on any atom is -0.354 e. The third-order valence-electron chi connectivity index (χ3n) is 2.94. The van der Waals surface area contributed by atoms with Crippen LogP contribution in [0.5, 0.6) is 0 Å². The highest BCUT2D eigenvalue weighted by molar-refractivity contribution is 8.00. The Labute approximate surface area is 114 Å². The van der Waals surface area contributed by atoms with Gasteiger partial charge in [0.1, 0.15) is 5.25 Å². The Bertz CT molecular complexity index is 419. The average Bonchev–Trinajstić information content (AvgIpc) is 2.29. The molecule has 1 fully saturated rings. The summed E-state index contributed by atoms with van der Waals surface area (Å²) in [5.41, 5.74) is 2.76. The Kier molecular flexibility index (Phi) is 4.00. The average molecular weight is 263 g/mol. The first kappa shape index (κ1) is 13.5. The fourth-order valence-corrected chi connectivity index (χ4v) is 3.23. The van der Waals surface area contributed by atoms with E-state index in [1.807, 2.05) is 0 Å². The molecule has 1 saturated heterocycles. The summed E-state index contributed by atoms with van der Waals surface area (Å²) in [4.78, 5) is 11.8. The fraction of sp³-hybridized carbons (Fsp3) is 0.533. The molecule has 0 bridgehead atoms. The molecule has 1 heterocycles. The van der Waals surface area contributed by atoms with E-state index >= 15 is 0 Å². The molecule has 1 atom stereocenters. The van der Waals surface area contributed by atoms with Gasteiger partial charge in [-0.15, -0.1) is 11.8 Å². The maximum Gasteiger partial charge on any atom is 0.237 e. The van der Waals surface area contributed by atoms with Gasteiger partial charge in [-0.1, -0.05) is 45.0 Å². The van der Waals surface area contributed by atoms with Crippen molar-refractivity contribution < 1.29 is 4.79 Å². The molecule has 98 valence electrons. The number of thioether (sulfide) groups is 1. The molecule has 1 aliphatic heterocycles. The van der Waals surface area contributed by atoms with Crippen LogP contribution in [0.2, 0.25) is 0 Å². The zero-order valence-corrected chi connectivity index (χ0v) is 12.1. The van der Waals surface area contributed by atoms with Crippen molar-refractivity contribution in [2.24, 2.45) is 5.41 Å². The third-order valence-corrected chi connectivity index (χ3v) is 4.20. The van der Waals surface area contributed by atoms with Crippen molar-refractivity contribution in [3.63, 3.8) is 0 Å². The van der Waals surface area contributed by atoms with Crippen molar-refractivity contribution in [3.05, 3.63) is 35.4 Å². The van der Waals surface area contributed by atoms with Crippen molar-refractivity contribution >= 4 is 17.7 Å². The monoisotopic (exact) mass is 263 g/mol. The zero-order chi connectivity index (χ0) is 13.2. The molecule has 0 spiro atoms. The van der Waals surface area contributed by atoms with Crippen LogP contribution in [0, 0.1) is 5.41 Å². The van der Waals surface area contributed by atoms with E-state index in [-0.39, 0.29) is 11.2 Å². The number of nitrogens with one attached hydrogen (secondary N) is 1. The number of rotatable bonds is 2. The second kappa shape index (κ2) is 5.35. The molecule has 0 aliphatic carbocycles. The van der Waals surface area contributed by atoms with Crippen LogP contribution in [0.15, 0.2) is 24.3 Å². The second-order valence-electron chi connectivity index (χ2n) is 6.02. The van der Waals surface area contributed by atoms with E-state index in [4.69, 9.17) is 0 Å². The van der Waals surface area contributed by atoms with Gasteiger partial charge in [-0.05, 0) is 23.0 Å². The Balaban J connectivity index is 2.09. The molecule has 18 heavy (non-hydrogen) atoms. The summed E-state index contributed by atoms with van der Waals surface area (Å²) < 4.78 is 0. The molecule has 1 N–H and O–H groups in total. The Morgan fingerprint density at radius 2 is 1.94 bits per heavy atom. The van der Waals surface area contributed by atoms with Gasteiger partial charge in [0.05, 0.1) is 0 Å². The highest BCUT2D eigenvalue weighted by Gasteiger charge is 2.24. The van der Waals surface area contributed by atoms with Crippen LogP contribution in [0.1, 0.15) is 37.1 Å². The molecule has 1 aromatic rings. The normalized spacial score (nSPS) is 20.6. The van der Waals surface area contributed by atoms with Gasteiger partial charge in [-0.2, -0.15) is 0 Å². The number of hydrogen-bond acceptors (Lipinski definition) is 2. The lowest BCUT2D eigenvalue weighted by Crippen LogP contribution is -2.34. The largest absolute Gasteiger partial charge is 0.354 e. The van der Waals surface area contributed by atoms with Gasteiger partial charge in [-0.25, -0.2) is 0 Å². The third kappa shape index (κ3) is 3.52. The summed E-state index contributed by atoms with van der Waals surface area (Å²) in [5.74, 6) is 1.15. The minimum absolute atomic E-state index is 0.0255. The molecule has 0 saturated carbocycles. The van der Waals surface area contributed by atoms with Gasteiger partial charge in [0.15, 0.2) is 0 Å². The number of amides is 1. The van der Waals surface area contributed by atoms with Crippen LogP contribution in [0.25, 0.3) is 0 Å². The highest BCUT2D eigenvalue weighted by Crippen LogP contribution is 2.31. The van der Waals surface area contributed by atoms with Crippen LogP contribution in [-0.2, 0) is 11.2 Å². The smallest absolute Gasteiger partial charge is 0.237 e. The van der Waals surface area contributed by atoms with E-state index in [2.05, 4.69) is 50.4 Å². The molecule has 1 aliphatic rings. The van der Waals surface area contributed by atoms with Crippen molar-refractivity contribution in [1.82, 2.24) is 5.32 Å². The van der Waals surface area contributed by atoms with Gasteiger partial charge < -0.3 is 5.32 Å². The van der Waals surface area contributed by atoms with E-state index in [9.17, 15) is 4.79 Å². The molecule has 3 heteroatoms. The maximum atomic E-state index is 11.8. The molecule has 2 nitrogen and oxygen atoms in total. The second-order valence-corrected chi connectivity index (χ2v) is 7.23. The minimum atomic E-state index is -0.0255. The summed E-state index contributed by atoms with van der Waals surface area (Å²) in [6.07, 6.45) is 1.07. The predicted molar refractivity (Wildman–Crippen MR) is 77.8 cm³/mol.